The van der Waals surface area contributed by atoms with E-state index in [0.29, 0.717) is 4.90 Å². The lowest BCUT2D eigenvalue weighted by Gasteiger charge is -1.91. The van der Waals surface area contributed by atoms with Crippen molar-refractivity contribution in [2.24, 2.45) is 0 Å². The summed E-state index contributed by atoms with van der Waals surface area (Å²) in [7, 11) is 6.30. The van der Waals surface area contributed by atoms with Gasteiger partial charge in [0.25, 0.3) is 0 Å². The van der Waals surface area contributed by atoms with Crippen LogP contribution < -0.4 is 0 Å². The zero-order chi connectivity index (χ0) is 6.69. The fourth-order valence-corrected chi connectivity index (χ4v) is 1.17. The molecule has 0 aromatic heterocycles. The van der Waals surface area contributed by atoms with E-state index in [1.807, 2.05) is 0 Å². The van der Waals surface area contributed by atoms with Gasteiger partial charge < -0.3 is 0 Å². The molecule has 0 unspecified atom stereocenters. The zero-order valence-corrected chi connectivity index (χ0v) is 6.08. The van der Waals surface area contributed by atoms with Crippen LogP contribution in [0.3, 0.4) is 0 Å². The van der Waals surface area contributed by atoms with Crippen LogP contribution in [-0.2, 0) is 5.11 Å². The average molecular weight is 160 g/mol. The highest BCUT2D eigenvalue weighted by Crippen LogP contribution is 2.30. The molecule has 0 heterocycles. The largest absolute Gasteiger partial charge is 0.289 e. The molecule has 1 radical (unpaired) electrons. The summed E-state index contributed by atoms with van der Waals surface area (Å²) in [5, 5.41) is 10.7. The summed E-state index contributed by atoms with van der Waals surface area (Å²) in [6.45, 7) is 0. The second-order valence-corrected chi connectivity index (χ2v) is 2.58. The zero-order valence-electron chi connectivity index (χ0n) is 4.50. The Morgan fingerprint density at radius 1 is 1.33 bits per heavy atom. The number of para-hydroxylation sites is 1. The van der Waals surface area contributed by atoms with E-state index in [2.05, 4.69) is 0 Å². The van der Waals surface area contributed by atoms with E-state index in [1.54, 1.807) is 18.2 Å². The quantitative estimate of drug-likeness (QED) is 0.617. The second-order valence-electron chi connectivity index (χ2n) is 1.52. The van der Waals surface area contributed by atoms with Gasteiger partial charge in [0.1, 0.15) is 0 Å². The van der Waals surface area contributed by atoms with Gasteiger partial charge in [-0.3, -0.25) is 5.11 Å². The summed E-state index contributed by atoms with van der Waals surface area (Å²) in [5.74, 6) is -0.0162. The molecule has 1 aromatic carbocycles. The van der Waals surface area contributed by atoms with Crippen molar-refractivity contribution >= 4 is 21.7 Å². The summed E-state index contributed by atoms with van der Waals surface area (Å²) in [4.78, 5) is 0.583. The first-order valence-electron chi connectivity index (χ1n) is 2.39. The van der Waals surface area contributed by atoms with Crippen LogP contribution in [0.4, 0.5) is 0 Å². The average Bonchev–Trinajstić information content (AvgIpc) is 1.89. The summed E-state index contributed by atoms with van der Waals surface area (Å²) in [6.07, 6.45) is 0. The number of hydrogen-bond acceptors (Lipinski definition) is 1. The van der Waals surface area contributed by atoms with Crippen LogP contribution >= 0.6 is 21.7 Å². The number of hydrogen-bond donors (Lipinski definition) is 0. The molecule has 0 amide bonds. The number of halogens is 1. The van der Waals surface area contributed by atoms with E-state index >= 15 is 0 Å². The molecule has 0 N–H and O–H groups in total. The Morgan fingerprint density at radius 3 is 2.44 bits per heavy atom. The topological polar surface area (TPSA) is 19.9 Å². The third-order valence-electron chi connectivity index (χ3n) is 0.932. The van der Waals surface area contributed by atoms with Gasteiger partial charge in [-0.15, -0.1) is 0 Å². The van der Waals surface area contributed by atoms with Crippen molar-refractivity contribution in [3.05, 3.63) is 24.3 Å². The van der Waals surface area contributed by atoms with Gasteiger partial charge in [0.15, 0.2) is 5.75 Å². The molecule has 0 saturated heterocycles. The van der Waals surface area contributed by atoms with Crippen molar-refractivity contribution in [2.45, 2.75) is 4.90 Å². The standard InChI is InChI=1S/C6H4ClOS/c7-9-6-4-2-1-3-5(6)8/h1-4H. The third-order valence-corrected chi connectivity index (χ3v) is 1.93. The molecule has 0 atom stereocenters. The predicted molar refractivity (Wildman–Crippen MR) is 38.3 cm³/mol. The van der Waals surface area contributed by atoms with Crippen molar-refractivity contribution < 1.29 is 5.11 Å². The Labute approximate surface area is 62.2 Å². The lowest BCUT2D eigenvalue weighted by molar-refractivity contribution is 0.344. The highest BCUT2D eigenvalue weighted by molar-refractivity contribution is 8.21. The molecule has 1 rings (SSSR count). The Morgan fingerprint density at radius 2 is 2.00 bits per heavy atom. The van der Waals surface area contributed by atoms with E-state index in [4.69, 9.17) is 10.7 Å². The highest BCUT2D eigenvalue weighted by Gasteiger charge is 1.97. The van der Waals surface area contributed by atoms with E-state index < -0.39 is 0 Å². The number of rotatable bonds is 1. The number of benzene rings is 1. The minimum absolute atomic E-state index is 0.0162. The molecule has 47 valence electrons. The van der Waals surface area contributed by atoms with E-state index in [0.717, 1.165) is 11.0 Å². The maximum atomic E-state index is 10.7. The van der Waals surface area contributed by atoms with E-state index in [1.165, 1.54) is 6.07 Å². The fourth-order valence-electron chi connectivity index (χ4n) is 0.514. The Balaban J connectivity index is 3.01. The third kappa shape index (κ3) is 1.53. The molecule has 0 spiro atoms. The van der Waals surface area contributed by atoms with Gasteiger partial charge >= 0.3 is 0 Å². The van der Waals surface area contributed by atoms with Gasteiger partial charge in [-0.05, 0) is 33.8 Å². The maximum Gasteiger partial charge on any atom is 0.193 e. The molecule has 9 heavy (non-hydrogen) atoms. The first-order chi connectivity index (χ1) is 4.34. The van der Waals surface area contributed by atoms with Gasteiger partial charge in [-0.25, -0.2) is 0 Å². The first kappa shape index (κ1) is 6.78. The minimum atomic E-state index is -0.0162. The van der Waals surface area contributed by atoms with Crippen LogP contribution in [0.1, 0.15) is 0 Å². The molecular weight excluding hydrogens is 156 g/mol. The van der Waals surface area contributed by atoms with Crippen LogP contribution in [-0.4, -0.2) is 0 Å². The normalized spacial score (nSPS) is 9.44. The Hall–Kier alpha value is -0.340. The van der Waals surface area contributed by atoms with Crippen LogP contribution in [0, 0.1) is 0 Å². The van der Waals surface area contributed by atoms with Gasteiger partial charge in [0.2, 0.25) is 0 Å². The van der Waals surface area contributed by atoms with Crippen LogP contribution in [0.2, 0.25) is 0 Å². The lowest BCUT2D eigenvalue weighted by atomic mass is 10.3. The Bertz CT molecular complexity index is 202. The van der Waals surface area contributed by atoms with Crippen molar-refractivity contribution in [3.8, 4) is 5.75 Å². The minimum Gasteiger partial charge on any atom is -0.289 e. The molecular formula is C6H4ClOS. The predicted octanol–water partition coefficient (Wildman–Crippen LogP) is 3.08. The van der Waals surface area contributed by atoms with Crippen molar-refractivity contribution in [1.29, 1.82) is 0 Å². The molecule has 0 aliphatic carbocycles. The molecule has 0 aliphatic rings. The molecule has 3 heteroatoms. The molecule has 0 bridgehead atoms. The molecule has 0 fully saturated rings. The SMILES string of the molecule is [O]c1ccccc1SCl. The summed E-state index contributed by atoms with van der Waals surface area (Å²) in [5.41, 5.74) is 0. The van der Waals surface area contributed by atoms with Gasteiger partial charge in [-0.1, -0.05) is 12.1 Å². The first-order valence-corrected chi connectivity index (χ1v) is 4.03. The maximum absolute atomic E-state index is 10.7. The Kier molecular flexibility index (Phi) is 2.25. The van der Waals surface area contributed by atoms with E-state index in [9.17, 15) is 5.11 Å². The van der Waals surface area contributed by atoms with Gasteiger partial charge in [0, 0.05) is 0 Å². The summed E-state index contributed by atoms with van der Waals surface area (Å²) < 4.78 is 0. The fraction of sp³-hybridized carbons (Fsp3) is 0. The van der Waals surface area contributed by atoms with Crippen LogP contribution in [0.15, 0.2) is 29.2 Å². The summed E-state index contributed by atoms with van der Waals surface area (Å²) in [6, 6.07) is 6.66. The van der Waals surface area contributed by atoms with Gasteiger partial charge in [0.05, 0.1) is 4.90 Å². The monoisotopic (exact) mass is 159 g/mol. The highest BCUT2D eigenvalue weighted by atomic mass is 35.7. The molecule has 0 saturated carbocycles. The molecule has 1 nitrogen and oxygen atoms in total. The lowest BCUT2D eigenvalue weighted by Crippen LogP contribution is -1.64. The van der Waals surface area contributed by atoms with Crippen molar-refractivity contribution in [1.82, 2.24) is 0 Å². The summed E-state index contributed by atoms with van der Waals surface area (Å²) >= 11 is 0. The molecule has 1 aromatic rings. The van der Waals surface area contributed by atoms with Crippen molar-refractivity contribution in [2.75, 3.05) is 0 Å². The molecule has 0 aliphatic heterocycles. The van der Waals surface area contributed by atoms with Crippen LogP contribution in [0.25, 0.3) is 0 Å². The van der Waals surface area contributed by atoms with E-state index in [-0.39, 0.29) is 5.75 Å². The van der Waals surface area contributed by atoms with Crippen molar-refractivity contribution in [3.63, 3.8) is 0 Å². The van der Waals surface area contributed by atoms with Gasteiger partial charge in [-0.2, -0.15) is 0 Å². The second kappa shape index (κ2) is 2.99. The van der Waals surface area contributed by atoms with Crippen LogP contribution in [0.5, 0.6) is 5.75 Å². The smallest absolute Gasteiger partial charge is 0.193 e.